The summed E-state index contributed by atoms with van der Waals surface area (Å²) in [6.07, 6.45) is 13.8. The van der Waals surface area contributed by atoms with Crippen LogP contribution in [0.2, 0.25) is 0 Å². The number of carbonyl (C=O) groups is 1. The van der Waals surface area contributed by atoms with Crippen molar-refractivity contribution in [3.63, 3.8) is 0 Å². The quantitative estimate of drug-likeness (QED) is 0.397. The van der Waals surface area contributed by atoms with Gasteiger partial charge in [-0.05, 0) is 86.0 Å². The Morgan fingerprint density at radius 2 is 1.77 bits per heavy atom. The van der Waals surface area contributed by atoms with Crippen LogP contribution < -0.4 is 11.1 Å². The van der Waals surface area contributed by atoms with Crippen LogP contribution >= 0.6 is 0 Å². The fourth-order valence-electron chi connectivity index (χ4n) is 4.53. The van der Waals surface area contributed by atoms with Crippen molar-refractivity contribution in [1.82, 2.24) is 15.1 Å². The first kappa shape index (κ1) is 33.8. The van der Waals surface area contributed by atoms with Gasteiger partial charge in [-0.3, -0.25) is 14.7 Å². The normalized spacial score (nSPS) is 19.0. The molecule has 0 aliphatic carbocycles. The number of nitrogens with zero attached hydrogens (tertiary/aromatic N) is 3. The Balaban J connectivity index is 0.00000181. The largest absolute Gasteiger partial charge is 0.394 e. The topological polar surface area (TPSA) is 74.0 Å². The third kappa shape index (κ3) is 10.8. The molecule has 1 aromatic rings. The number of aliphatic imine (C=N–C) groups is 1. The van der Waals surface area contributed by atoms with E-state index in [0.29, 0.717) is 5.92 Å². The third-order valence-corrected chi connectivity index (χ3v) is 6.45. The van der Waals surface area contributed by atoms with Gasteiger partial charge in [0.1, 0.15) is 6.17 Å². The van der Waals surface area contributed by atoms with E-state index < -0.39 is 0 Å². The molecule has 6 heteroatoms. The number of carbonyl (C=O) groups excluding carboxylic acids is 1. The Hall–Kier alpha value is -3.22. The van der Waals surface area contributed by atoms with Gasteiger partial charge in [0.2, 0.25) is 0 Å². The molecule has 2 heterocycles. The van der Waals surface area contributed by atoms with E-state index in [9.17, 15) is 4.79 Å². The average Bonchev–Trinajstić information content (AvgIpc) is 2.96. The first-order valence-corrected chi connectivity index (χ1v) is 14.2. The monoisotopic (exact) mass is 533 g/mol. The average molecular weight is 534 g/mol. The maximum absolute atomic E-state index is 12.1. The van der Waals surface area contributed by atoms with E-state index in [1.54, 1.807) is 19.0 Å². The van der Waals surface area contributed by atoms with Crippen molar-refractivity contribution in [1.29, 1.82) is 0 Å². The predicted octanol–water partition coefficient (Wildman–Crippen LogP) is 6.08. The zero-order chi connectivity index (χ0) is 29.4. The Bertz CT molecular complexity index is 1040. The van der Waals surface area contributed by atoms with Crippen molar-refractivity contribution in [3.05, 3.63) is 94.8 Å². The highest BCUT2D eigenvalue weighted by Gasteiger charge is 2.21. The molecular weight excluding hydrogens is 482 g/mol. The Labute approximate surface area is 237 Å². The number of amides is 1. The van der Waals surface area contributed by atoms with Crippen LogP contribution in [0.4, 0.5) is 0 Å². The molecule has 1 atom stereocenters. The number of likely N-dealkylation sites (tertiary alicyclic amines) is 1. The predicted molar refractivity (Wildman–Crippen MR) is 169 cm³/mol. The minimum absolute atomic E-state index is 0.0471. The number of nitrogens with two attached hydrogens (primary N) is 1. The van der Waals surface area contributed by atoms with Crippen molar-refractivity contribution in [2.75, 3.05) is 40.8 Å². The van der Waals surface area contributed by atoms with Crippen LogP contribution in [-0.2, 0) is 0 Å². The summed E-state index contributed by atoms with van der Waals surface area (Å²) < 4.78 is 0. The fraction of sp³-hybridized carbons (Fsp3) is 0.455. The summed E-state index contributed by atoms with van der Waals surface area (Å²) in [6, 6.07) is 8.15. The molecule has 0 radical (unpaired) electrons. The molecule has 2 aliphatic rings. The Morgan fingerprint density at radius 1 is 1.15 bits per heavy atom. The van der Waals surface area contributed by atoms with Gasteiger partial charge in [-0.2, -0.15) is 0 Å². The van der Waals surface area contributed by atoms with Crippen molar-refractivity contribution in [2.45, 2.75) is 59.5 Å². The van der Waals surface area contributed by atoms with Gasteiger partial charge in [-0.25, -0.2) is 0 Å². The van der Waals surface area contributed by atoms with Crippen molar-refractivity contribution >= 4 is 12.1 Å². The maximum Gasteiger partial charge on any atom is 0.253 e. The summed E-state index contributed by atoms with van der Waals surface area (Å²) in [5, 5.41) is 3.05. The van der Waals surface area contributed by atoms with Crippen molar-refractivity contribution in [3.8, 4) is 0 Å². The van der Waals surface area contributed by atoms with Gasteiger partial charge in [0.15, 0.2) is 0 Å². The van der Waals surface area contributed by atoms with Gasteiger partial charge in [0.05, 0.1) is 0 Å². The van der Waals surface area contributed by atoms with Gasteiger partial charge < -0.3 is 16.0 Å². The molecule has 1 aromatic carbocycles. The van der Waals surface area contributed by atoms with Crippen LogP contribution in [-0.4, -0.2) is 68.9 Å². The van der Waals surface area contributed by atoms with E-state index in [-0.39, 0.29) is 12.1 Å². The summed E-state index contributed by atoms with van der Waals surface area (Å²) in [6.45, 7) is 17.5. The SMILES string of the molecule is C=C(/C=C(\C)CN1CCC(c2ccc(C(=O)N(C)C)cc2)CC1)C(/C=C\NC)=C1\C=CC(N)N=C1.CC.CC. The molecule has 1 unspecified atom stereocenters. The summed E-state index contributed by atoms with van der Waals surface area (Å²) in [4.78, 5) is 20.6. The number of hydrogen-bond acceptors (Lipinski definition) is 5. The van der Waals surface area contributed by atoms with E-state index in [2.05, 4.69) is 46.9 Å². The van der Waals surface area contributed by atoms with Crippen LogP contribution in [0.3, 0.4) is 0 Å². The number of allylic oxidation sites excluding steroid dienone is 6. The first-order chi connectivity index (χ1) is 18.8. The minimum atomic E-state index is -0.278. The molecule has 1 fully saturated rings. The van der Waals surface area contributed by atoms with Gasteiger partial charge in [-0.15, -0.1) is 0 Å². The lowest BCUT2D eigenvalue weighted by molar-refractivity contribution is 0.0827. The Kier molecular flexibility index (Phi) is 15.7. The molecule has 1 amide bonds. The summed E-state index contributed by atoms with van der Waals surface area (Å²) in [5.41, 5.74) is 12.2. The lowest BCUT2D eigenvalue weighted by Crippen LogP contribution is -2.34. The van der Waals surface area contributed by atoms with Crippen LogP contribution in [0.5, 0.6) is 0 Å². The molecule has 3 N–H and O–H groups in total. The highest BCUT2D eigenvalue weighted by Crippen LogP contribution is 2.29. The molecule has 0 spiro atoms. The van der Waals surface area contributed by atoms with Crippen LogP contribution in [0.25, 0.3) is 0 Å². The zero-order valence-corrected chi connectivity index (χ0v) is 25.5. The number of hydrogen-bond donors (Lipinski definition) is 2. The number of piperidine rings is 1. The van der Waals surface area contributed by atoms with Gasteiger partial charge in [0.25, 0.3) is 5.91 Å². The second-order valence-electron chi connectivity index (χ2n) is 9.51. The van der Waals surface area contributed by atoms with Gasteiger partial charge in [0, 0.05) is 45.0 Å². The molecular formula is C33H51N5O. The van der Waals surface area contributed by atoms with Gasteiger partial charge in [-0.1, -0.05) is 64.1 Å². The van der Waals surface area contributed by atoms with E-state index in [4.69, 9.17) is 5.73 Å². The Morgan fingerprint density at radius 3 is 2.28 bits per heavy atom. The molecule has 6 nitrogen and oxygen atoms in total. The molecule has 3 rings (SSSR count). The molecule has 0 aromatic heterocycles. The molecule has 214 valence electrons. The summed E-state index contributed by atoms with van der Waals surface area (Å²) >= 11 is 0. The van der Waals surface area contributed by atoms with Crippen molar-refractivity contribution < 1.29 is 4.79 Å². The van der Waals surface area contributed by atoms with E-state index in [1.807, 2.05) is 77.5 Å². The highest BCUT2D eigenvalue weighted by atomic mass is 16.2. The third-order valence-electron chi connectivity index (χ3n) is 6.45. The van der Waals surface area contributed by atoms with E-state index in [0.717, 1.165) is 54.8 Å². The highest BCUT2D eigenvalue weighted by molar-refractivity contribution is 5.93. The van der Waals surface area contributed by atoms with Crippen LogP contribution in [0, 0.1) is 0 Å². The zero-order valence-electron chi connectivity index (χ0n) is 25.5. The number of dihydropyridines is 1. The lowest BCUT2D eigenvalue weighted by atomic mass is 9.88. The van der Waals surface area contributed by atoms with Crippen LogP contribution in [0.1, 0.15) is 69.3 Å². The number of nitrogens with one attached hydrogen (secondary N) is 1. The minimum Gasteiger partial charge on any atom is -0.394 e. The standard InChI is InChI=1S/C29H39N5O.2C2H6/c1-21(18-22(2)27(12-15-31-3)26-10-11-28(30)32-19-26)20-34-16-13-24(14-17-34)23-6-8-25(9-7-23)29(35)33(4)5;2*1-2/h6-12,15,18-19,24,28,31H,2,13-14,16-17,20,30H2,1,3-5H3;2*1-2H3/b15-12-,21-18+,27-26+;;. The molecule has 0 bridgehead atoms. The maximum atomic E-state index is 12.1. The second kappa shape index (κ2) is 18.1. The number of benzene rings is 1. The summed E-state index contributed by atoms with van der Waals surface area (Å²) in [7, 11) is 5.45. The lowest BCUT2D eigenvalue weighted by Gasteiger charge is -2.32. The second-order valence-corrected chi connectivity index (χ2v) is 9.51. The van der Waals surface area contributed by atoms with E-state index in [1.165, 1.54) is 11.1 Å². The molecule has 0 saturated carbocycles. The van der Waals surface area contributed by atoms with E-state index >= 15 is 0 Å². The summed E-state index contributed by atoms with van der Waals surface area (Å²) in [5.74, 6) is 0.589. The van der Waals surface area contributed by atoms with Crippen LogP contribution in [0.15, 0.2) is 88.6 Å². The smallest absolute Gasteiger partial charge is 0.253 e. The van der Waals surface area contributed by atoms with Crippen molar-refractivity contribution in [2.24, 2.45) is 10.7 Å². The number of rotatable bonds is 8. The molecule has 1 saturated heterocycles. The van der Waals surface area contributed by atoms with Gasteiger partial charge >= 0.3 is 0 Å². The first-order valence-electron chi connectivity index (χ1n) is 14.2. The fourth-order valence-corrected chi connectivity index (χ4v) is 4.53. The molecule has 39 heavy (non-hydrogen) atoms. The molecule has 2 aliphatic heterocycles.